The Balaban J connectivity index is 1.50. The molecule has 1 aliphatic rings. The van der Waals surface area contributed by atoms with E-state index in [1.807, 2.05) is 43.3 Å². The standard InChI is InChI=1S/C28H28ClNO5/c1-17-7-9-18(10-8-17)13-21-14-20(11-12-22(21)29)28-27(34)26(33)25(32)24(35-28)16-30-15-23(31)19-5-3-2-4-6-19/h2-12,14,16,24-28,32-34H,13,15H2,1H3/t24-,25-,26+,27-,28+/m1/s1. The van der Waals surface area contributed by atoms with E-state index in [1.54, 1.807) is 36.4 Å². The number of aliphatic imine (C=N–C) groups is 1. The van der Waals surface area contributed by atoms with Gasteiger partial charge in [-0.1, -0.05) is 83.9 Å². The lowest BCUT2D eigenvalue weighted by Crippen LogP contribution is -2.54. The van der Waals surface area contributed by atoms with Crippen LogP contribution >= 0.6 is 11.6 Å². The normalized spacial score (nSPS) is 24.5. The molecule has 1 fully saturated rings. The molecule has 5 atom stereocenters. The second-order valence-corrected chi connectivity index (χ2v) is 9.19. The predicted molar refractivity (Wildman–Crippen MR) is 135 cm³/mol. The Bertz CT molecular complexity index is 1180. The van der Waals surface area contributed by atoms with Crippen molar-refractivity contribution in [1.82, 2.24) is 0 Å². The van der Waals surface area contributed by atoms with Crippen LogP contribution in [0.15, 0.2) is 77.8 Å². The van der Waals surface area contributed by atoms with Crippen LogP contribution < -0.4 is 0 Å². The zero-order chi connectivity index (χ0) is 24.9. The van der Waals surface area contributed by atoms with Crippen LogP contribution in [0.1, 0.15) is 38.7 Å². The minimum atomic E-state index is -1.45. The van der Waals surface area contributed by atoms with Crippen molar-refractivity contribution in [2.45, 2.75) is 43.9 Å². The number of carbonyl (C=O) groups excluding carboxylic acids is 1. The van der Waals surface area contributed by atoms with E-state index in [0.29, 0.717) is 22.6 Å². The fraction of sp³-hybridized carbons (Fsp3) is 0.286. The van der Waals surface area contributed by atoms with Crippen LogP contribution in [0, 0.1) is 6.92 Å². The van der Waals surface area contributed by atoms with Gasteiger partial charge in [0.2, 0.25) is 0 Å². The number of benzene rings is 3. The van der Waals surface area contributed by atoms with E-state index in [1.165, 1.54) is 6.21 Å². The SMILES string of the molecule is Cc1ccc(Cc2cc([C@@H]3O[C@H](C=NCC(=O)c4ccccc4)[C@@H](O)[C@H](O)[C@H]3O)ccc2Cl)cc1. The van der Waals surface area contributed by atoms with Crippen molar-refractivity contribution < 1.29 is 24.9 Å². The summed E-state index contributed by atoms with van der Waals surface area (Å²) >= 11 is 6.44. The molecule has 0 aliphatic carbocycles. The average Bonchev–Trinajstić information content (AvgIpc) is 2.87. The van der Waals surface area contributed by atoms with Gasteiger partial charge in [-0.15, -0.1) is 0 Å². The summed E-state index contributed by atoms with van der Waals surface area (Å²) in [5, 5.41) is 32.2. The maximum absolute atomic E-state index is 12.3. The summed E-state index contributed by atoms with van der Waals surface area (Å²) in [6, 6.07) is 22.2. The van der Waals surface area contributed by atoms with Crippen LogP contribution in [0.25, 0.3) is 0 Å². The molecule has 1 saturated heterocycles. The summed E-state index contributed by atoms with van der Waals surface area (Å²) in [5.41, 5.74) is 4.25. The van der Waals surface area contributed by atoms with Crippen molar-refractivity contribution in [3.05, 3.63) is 106 Å². The maximum Gasteiger partial charge on any atom is 0.184 e. The Kier molecular flexibility index (Phi) is 8.11. The highest BCUT2D eigenvalue weighted by Gasteiger charge is 2.43. The van der Waals surface area contributed by atoms with Gasteiger partial charge in [-0.25, -0.2) is 0 Å². The molecule has 0 bridgehead atoms. The number of Topliss-reactive ketones (excluding diaryl/α,β-unsaturated/α-hetero) is 1. The molecule has 3 N–H and O–H groups in total. The van der Waals surface area contributed by atoms with Crippen molar-refractivity contribution in [2.75, 3.05) is 6.54 Å². The van der Waals surface area contributed by atoms with Crippen LogP contribution in [0.2, 0.25) is 5.02 Å². The van der Waals surface area contributed by atoms with E-state index in [-0.39, 0.29) is 12.3 Å². The van der Waals surface area contributed by atoms with Crippen molar-refractivity contribution in [3.8, 4) is 0 Å². The van der Waals surface area contributed by atoms with E-state index in [2.05, 4.69) is 4.99 Å². The molecule has 1 aliphatic heterocycles. The lowest BCUT2D eigenvalue weighted by atomic mass is 9.90. The molecule has 35 heavy (non-hydrogen) atoms. The first-order chi connectivity index (χ1) is 16.8. The molecule has 0 spiro atoms. The second kappa shape index (κ2) is 11.2. The molecule has 7 heteroatoms. The first-order valence-corrected chi connectivity index (χ1v) is 11.8. The molecule has 1 heterocycles. The zero-order valence-corrected chi connectivity index (χ0v) is 20.0. The van der Waals surface area contributed by atoms with Gasteiger partial charge in [-0.3, -0.25) is 9.79 Å². The lowest BCUT2D eigenvalue weighted by Gasteiger charge is -2.39. The number of aliphatic hydroxyl groups excluding tert-OH is 3. The summed E-state index contributed by atoms with van der Waals surface area (Å²) in [4.78, 5) is 16.4. The lowest BCUT2D eigenvalue weighted by molar-refractivity contribution is -0.205. The van der Waals surface area contributed by atoms with Gasteiger partial charge >= 0.3 is 0 Å². The van der Waals surface area contributed by atoms with Gasteiger partial charge in [0.25, 0.3) is 0 Å². The molecule has 0 amide bonds. The minimum Gasteiger partial charge on any atom is -0.387 e. The summed E-state index contributed by atoms with van der Waals surface area (Å²) in [5.74, 6) is -0.178. The first-order valence-electron chi connectivity index (χ1n) is 11.4. The maximum atomic E-state index is 12.3. The fourth-order valence-electron chi connectivity index (χ4n) is 4.09. The molecule has 0 aromatic heterocycles. The number of aliphatic hydroxyl groups is 3. The molecule has 6 nitrogen and oxygen atoms in total. The van der Waals surface area contributed by atoms with E-state index >= 15 is 0 Å². The van der Waals surface area contributed by atoms with Crippen molar-refractivity contribution in [2.24, 2.45) is 4.99 Å². The van der Waals surface area contributed by atoms with Crippen molar-refractivity contribution in [1.29, 1.82) is 0 Å². The van der Waals surface area contributed by atoms with Gasteiger partial charge in [0.05, 0.1) is 0 Å². The van der Waals surface area contributed by atoms with Crippen LogP contribution in [0.4, 0.5) is 0 Å². The van der Waals surface area contributed by atoms with Crippen molar-refractivity contribution in [3.63, 3.8) is 0 Å². The first kappa shape index (κ1) is 25.2. The molecular formula is C28H28ClNO5. The largest absolute Gasteiger partial charge is 0.387 e. The number of aryl methyl sites for hydroxylation is 1. The molecule has 182 valence electrons. The molecule has 0 unspecified atom stereocenters. The monoisotopic (exact) mass is 493 g/mol. The summed E-state index contributed by atoms with van der Waals surface area (Å²) in [6.07, 6.45) is -4.21. The molecular weight excluding hydrogens is 466 g/mol. The quantitative estimate of drug-likeness (QED) is 0.344. The van der Waals surface area contributed by atoms with Crippen molar-refractivity contribution >= 4 is 23.6 Å². The van der Waals surface area contributed by atoms with Crippen LogP contribution in [-0.2, 0) is 11.2 Å². The molecule has 4 rings (SSSR count). The van der Waals surface area contributed by atoms with Crippen LogP contribution in [0.3, 0.4) is 0 Å². The van der Waals surface area contributed by atoms with Gasteiger partial charge in [-0.2, -0.15) is 0 Å². The number of halogens is 1. The molecule has 0 saturated carbocycles. The molecule has 0 radical (unpaired) electrons. The van der Waals surface area contributed by atoms with Gasteiger partial charge in [0.15, 0.2) is 5.78 Å². The Morgan fingerprint density at radius 3 is 2.40 bits per heavy atom. The highest BCUT2D eigenvalue weighted by atomic mass is 35.5. The third-order valence-corrected chi connectivity index (χ3v) is 6.52. The number of rotatable bonds is 7. The smallest absolute Gasteiger partial charge is 0.184 e. The molecule has 3 aromatic carbocycles. The summed E-state index contributed by atoms with van der Waals surface area (Å²) in [7, 11) is 0. The van der Waals surface area contributed by atoms with E-state index < -0.39 is 30.5 Å². The zero-order valence-electron chi connectivity index (χ0n) is 19.3. The topological polar surface area (TPSA) is 99.4 Å². The third-order valence-electron chi connectivity index (χ3n) is 6.15. The third kappa shape index (κ3) is 6.04. The van der Waals surface area contributed by atoms with Gasteiger partial charge in [-0.05, 0) is 36.1 Å². The second-order valence-electron chi connectivity index (χ2n) is 8.79. The highest BCUT2D eigenvalue weighted by molar-refractivity contribution is 6.31. The van der Waals surface area contributed by atoms with E-state index in [9.17, 15) is 20.1 Å². The van der Waals surface area contributed by atoms with E-state index in [4.69, 9.17) is 16.3 Å². The summed E-state index contributed by atoms with van der Waals surface area (Å²) < 4.78 is 5.95. The number of ketones is 1. The van der Waals surface area contributed by atoms with Gasteiger partial charge < -0.3 is 20.1 Å². The van der Waals surface area contributed by atoms with Gasteiger partial charge in [0, 0.05) is 16.8 Å². The number of hydrogen-bond acceptors (Lipinski definition) is 6. The number of nitrogens with zero attached hydrogens (tertiary/aromatic N) is 1. The van der Waals surface area contributed by atoms with Gasteiger partial charge in [0.1, 0.15) is 37.1 Å². The molecule has 3 aromatic rings. The van der Waals surface area contributed by atoms with Crippen LogP contribution in [0.5, 0.6) is 0 Å². The minimum absolute atomic E-state index is 0.123. The highest BCUT2D eigenvalue weighted by Crippen LogP contribution is 2.34. The number of ether oxygens (including phenoxy) is 1. The fourth-order valence-corrected chi connectivity index (χ4v) is 4.28. The van der Waals surface area contributed by atoms with Crippen LogP contribution in [-0.4, -0.2) is 58.3 Å². The number of hydrogen-bond donors (Lipinski definition) is 3. The Morgan fingerprint density at radius 2 is 1.69 bits per heavy atom. The Labute approximate surface area is 209 Å². The Morgan fingerprint density at radius 1 is 0.971 bits per heavy atom. The predicted octanol–water partition coefficient (Wildman–Crippen LogP) is 3.72. The summed E-state index contributed by atoms with van der Waals surface area (Å²) in [6.45, 7) is 1.90. The Hall–Kier alpha value is -2.87. The average molecular weight is 494 g/mol. The van der Waals surface area contributed by atoms with E-state index in [0.717, 1.165) is 16.7 Å². The number of carbonyl (C=O) groups is 1.